The van der Waals surface area contributed by atoms with E-state index in [1.807, 2.05) is 44.2 Å². The summed E-state index contributed by atoms with van der Waals surface area (Å²) in [5, 5.41) is 2.90. The van der Waals surface area contributed by atoms with Crippen molar-refractivity contribution in [1.29, 1.82) is 0 Å². The lowest BCUT2D eigenvalue weighted by Gasteiger charge is -2.21. The number of sulfonamides is 1. The number of carbonyl (C=O) groups is 1. The van der Waals surface area contributed by atoms with Gasteiger partial charge in [0.15, 0.2) is 0 Å². The average molecular weight is 360 g/mol. The molecule has 5 nitrogen and oxygen atoms in total. The Bertz CT molecular complexity index is 802. The third-order valence-electron chi connectivity index (χ3n) is 4.04. The highest BCUT2D eigenvalue weighted by Crippen LogP contribution is 2.17. The topological polar surface area (TPSA) is 66.5 Å². The number of hydrogen-bond donors (Lipinski definition) is 1. The van der Waals surface area contributed by atoms with Gasteiger partial charge in [0.1, 0.15) is 0 Å². The minimum atomic E-state index is -3.69. The van der Waals surface area contributed by atoms with E-state index in [2.05, 4.69) is 5.32 Å². The molecule has 25 heavy (non-hydrogen) atoms. The molecular formula is C19H24N2O3S. The highest BCUT2D eigenvalue weighted by molar-refractivity contribution is 7.89. The molecule has 2 rings (SSSR count). The summed E-state index contributed by atoms with van der Waals surface area (Å²) in [6.07, 6.45) is 0.726. The first kappa shape index (κ1) is 19.1. The number of likely N-dealkylation sites (N-methyl/N-ethyl adjacent to an activating group) is 1. The molecule has 2 aromatic carbocycles. The van der Waals surface area contributed by atoms with Gasteiger partial charge in [-0.25, -0.2) is 8.42 Å². The minimum Gasteiger partial charge on any atom is -0.348 e. The molecule has 0 aliphatic heterocycles. The molecule has 0 aliphatic rings. The van der Waals surface area contributed by atoms with Gasteiger partial charge in [-0.05, 0) is 31.0 Å². The van der Waals surface area contributed by atoms with Crippen molar-refractivity contribution in [2.75, 3.05) is 13.6 Å². The lowest BCUT2D eigenvalue weighted by Crippen LogP contribution is -2.39. The highest BCUT2D eigenvalue weighted by Gasteiger charge is 2.23. The third kappa shape index (κ3) is 4.90. The molecular weight excluding hydrogens is 336 g/mol. The SMILES string of the molecule is CC[C@H](NC(=O)CN(C)S(=O)(=O)c1ccc(C)cc1)c1ccccc1. The zero-order chi connectivity index (χ0) is 18.4. The summed E-state index contributed by atoms with van der Waals surface area (Å²) in [4.78, 5) is 12.5. The van der Waals surface area contributed by atoms with Crippen LogP contribution in [0.5, 0.6) is 0 Å². The molecule has 1 N–H and O–H groups in total. The van der Waals surface area contributed by atoms with E-state index in [-0.39, 0.29) is 23.4 Å². The molecule has 1 amide bonds. The molecule has 2 aromatic rings. The fourth-order valence-electron chi connectivity index (χ4n) is 2.52. The Balaban J connectivity index is 2.05. The molecule has 0 aromatic heterocycles. The van der Waals surface area contributed by atoms with E-state index in [0.717, 1.165) is 21.9 Å². The average Bonchev–Trinajstić information content (AvgIpc) is 2.60. The van der Waals surface area contributed by atoms with Crippen LogP contribution in [0.3, 0.4) is 0 Å². The van der Waals surface area contributed by atoms with Gasteiger partial charge in [-0.2, -0.15) is 4.31 Å². The molecule has 0 heterocycles. The number of aryl methyl sites for hydroxylation is 1. The second-order valence-corrected chi connectivity index (χ2v) is 8.06. The molecule has 0 radical (unpaired) electrons. The van der Waals surface area contributed by atoms with Crippen molar-refractivity contribution in [3.05, 3.63) is 65.7 Å². The van der Waals surface area contributed by atoms with Gasteiger partial charge in [0.25, 0.3) is 0 Å². The Kier molecular flexibility index (Phi) is 6.33. The van der Waals surface area contributed by atoms with E-state index >= 15 is 0 Å². The Hall–Kier alpha value is -2.18. The van der Waals surface area contributed by atoms with Crippen molar-refractivity contribution in [2.24, 2.45) is 0 Å². The quantitative estimate of drug-likeness (QED) is 0.826. The highest BCUT2D eigenvalue weighted by atomic mass is 32.2. The van der Waals surface area contributed by atoms with Gasteiger partial charge in [0.05, 0.1) is 17.5 Å². The summed E-state index contributed by atoms with van der Waals surface area (Å²) in [5.74, 6) is -0.325. The molecule has 6 heteroatoms. The fraction of sp³-hybridized carbons (Fsp3) is 0.316. The number of amides is 1. The lowest BCUT2D eigenvalue weighted by molar-refractivity contribution is -0.121. The van der Waals surface area contributed by atoms with Crippen LogP contribution in [0.1, 0.15) is 30.5 Å². The maximum Gasteiger partial charge on any atom is 0.243 e. The molecule has 0 unspecified atom stereocenters. The number of benzene rings is 2. The minimum absolute atomic E-state index is 0.135. The van der Waals surface area contributed by atoms with Gasteiger partial charge in [-0.15, -0.1) is 0 Å². The number of nitrogens with zero attached hydrogens (tertiary/aromatic N) is 1. The van der Waals surface area contributed by atoms with Gasteiger partial charge in [0, 0.05) is 7.05 Å². The molecule has 0 aliphatic carbocycles. The molecule has 0 saturated carbocycles. The molecule has 0 spiro atoms. The van der Waals surface area contributed by atoms with Crippen molar-refractivity contribution in [3.63, 3.8) is 0 Å². The van der Waals surface area contributed by atoms with E-state index in [1.165, 1.54) is 7.05 Å². The summed E-state index contributed by atoms with van der Waals surface area (Å²) in [7, 11) is -2.27. The predicted octanol–water partition coefficient (Wildman–Crippen LogP) is 2.88. The smallest absolute Gasteiger partial charge is 0.243 e. The first-order chi connectivity index (χ1) is 11.8. The van der Waals surface area contributed by atoms with Crippen LogP contribution in [0.15, 0.2) is 59.5 Å². The van der Waals surface area contributed by atoms with E-state index < -0.39 is 10.0 Å². The number of hydrogen-bond acceptors (Lipinski definition) is 3. The zero-order valence-electron chi connectivity index (χ0n) is 14.8. The summed E-state index contributed by atoms with van der Waals surface area (Å²) in [6.45, 7) is 3.65. The van der Waals surface area contributed by atoms with Gasteiger partial charge in [-0.1, -0.05) is 55.0 Å². The van der Waals surface area contributed by atoms with E-state index in [0.29, 0.717) is 0 Å². The summed E-state index contributed by atoms with van der Waals surface area (Å²) < 4.78 is 26.2. The van der Waals surface area contributed by atoms with Crippen molar-refractivity contribution in [2.45, 2.75) is 31.2 Å². The van der Waals surface area contributed by atoms with Crippen LogP contribution in [0.25, 0.3) is 0 Å². The van der Waals surface area contributed by atoms with Gasteiger partial charge >= 0.3 is 0 Å². The van der Waals surface area contributed by atoms with Crippen molar-refractivity contribution in [1.82, 2.24) is 9.62 Å². The van der Waals surface area contributed by atoms with E-state index in [1.54, 1.807) is 24.3 Å². The Morgan fingerprint density at radius 1 is 1.08 bits per heavy atom. The van der Waals surface area contributed by atoms with Gasteiger partial charge in [0.2, 0.25) is 15.9 Å². The summed E-state index contributed by atoms with van der Waals surface area (Å²) in [6, 6.07) is 16.1. The Morgan fingerprint density at radius 3 is 2.24 bits per heavy atom. The molecule has 0 fully saturated rings. The monoisotopic (exact) mass is 360 g/mol. The van der Waals surface area contributed by atoms with Crippen LogP contribution in [-0.4, -0.2) is 32.2 Å². The van der Waals surface area contributed by atoms with Crippen LogP contribution in [0.2, 0.25) is 0 Å². The molecule has 134 valence electrons. The zero-order valence-corrected chi connectivity index (χ0v) is 15.6. The van der Waals surface area contributed by atoms with Crippen molar-refractivity contribution < 1.29 is 13.2 Å². The second-order valence-electron chi connectivity index (χ2n) is 6.01. The maximum atomic E-state index is 12.6. The first-order valence-electron chi connectivity index (χ1n) is 8.22. The molecule has 0 bridgehead atoms. The fourth-order valence-corrected chi connectivity index (χ4v) is 3.65. The maximum absolute atomic E-state index is 12.6. The van der Waals surface area contributed by atoms with Crippen LogP contribution in [-0.2, 0) is 14.8 Å². The first-order valence-corrected chi connectivity index (χ1v) is 9.66. The Morgan fingerprint density at radius 2 is 1.68 bits per heavy atom. The van der Waals surface area contributed by atoms with Gasteiger partial charge in [-0.3, -0.25) is 4.79 Å². The number of rotatable bonds is 7. The van der Waals surface area contributed by atoms with Crippen LogP contribution >= 0.6 is 0 Å². The summed E-state index contributed by atoms with van der Waals surface area (Å²) >= 11 is 0. The van der Waals surface area contributed by atoms with E-state index in [9.17, 15) is 13.2 Å². The molecule has 1 atom stereocenters. The number of nitrogens with one attached hydrogen (secondary N) is 1. The normalized spacial score (nSPS) is 12.8. The van der Waals surface area contributed by atoms with Crippen molar-refractivity contribution in [3.8, 4) is 0 Å². The van der Waals surface area contributed by atoms with Gasteiger partial charge < -0.3 is 5.32 Å². The van der Waals surface area contributed by atoms with Crippen LogP contribution in [0.4, 0.5) is 0 Å². The summed E-state index contributed by atoms with van der Waals surface area (Å²) in [5.41, 5.74) is 1.98. The standard InChI is InChI=1S/C19H24N2O3S/c1-4-18(16-8-6-5-7-9-16)20-19(22)14-21(3)25(23,24)17-12-10-15(2)11-13-17/h5-13,18H,4,14H2,1-3H3,(H,20,22)/t18-/m0/s1. The largest absolute Gasteiger partial charge is 0.348 e. The Labute approximate surface area is 149 Å². The lowest BCUT2D eigenvalue weighted by atomic mass is 10.0. The number of carbonyl (C=O) groups excluding carboxylic acids is 1. The third-order valence-corrected chi connectivity index (χ3v) is 5.86. The predicted molar refractivity (Wildman–Crippen MR) is 98.6 cm³/mol. The van der Waals surface area contributed by atoms with E-state index in [4.69, 9.17) is 0 Å². The van der Waals surface area contributed by atoms with Crippen LogP contribution in [0, 0.1) is 6.92 Å². The molecule has 0 saturated heterocycles. The van der Waals surface area contributed by atoms with Crippen LogP contribution < -0.4 is 5.32 Å². The second kappa shape index (κ2) is 8.27. The van der Waals surface area contributed by atoms with Crippen molar-refractivity contribution >= 4 is 15.9 Å².